The number of benzene rings is 1. The summed E-state index contributed by atoms with van der Waals surface area (Å²) in [6, 6.07) is 8.06. The number of nitrogens with one attached hydrogen (secondary N) is 2. The highest BCUT2D eigenvalue weighted by molar-refractivity contribution is 14.0. The zero-order chi connectivity index (χ0) is 14.6. The maximum atomic E-state index is 5.64. The van der Waals surface area contributed by atoms with E-state index in [0.717, 1.165) is 31.2 Å². The predicted molar refractivity (Wildman–Crippen MR) is 101 cm³/mol. The minimum Gasteiger partial charge on any atom is -0.492 e. The van der Waals surface area contributed by atoms with E-state index in [9.17, 15) is 0 Å². The van der Waals surface area contributed by atoms with Gasteiger partial charge >= 0.3 is 0 Å². The Morgan fingerprint density at radius 1 is 1.19 bits per heavy atom. The molecule has 2 N–H and O–H groups in total. The summed E-state index contributed by atoms with van der Waals surface area (Å²) in [6.07, 6.45) is 5.17. The first kappa shape index (κ1) is 19.8. The first-order chi connectivity index (χ1) is 9.76. The van der Waals surface area contributed by atoms with E-state index >= 15 is 0 Å². The van der Waals surface area contributed by atoms with Crippen LogP contribution in [0, 0.1) is 6.92 Å². The van der Waals surface area contributed by atoms with Crippen molar-refractivity contribution in [3.05, 3.63) is 42.0 Å². The maximum absolute atomic E-state index is 5.64. The molecular weight excluding hydrogens is 377 g/mol. The van der Waals surface area contributed by atoms with Gasteiger partial charge in [0.15, 0.2) is 5.96 Å². The summed E-state index contributed by atoms with van der Waals surface area (Å²) < 4.78 is 5.64. The molecule has 0 radical (unpaired) electrons. The van der Waals surface area contributed by atoms with Gasteiger partial charge in [-0.2, -0.15) is 0 Å². The Morgan fingerprint density at radius 3 is 2.48 bits per heavy atom. The summed E-state index contributed by atoms with van der Waals surface area (Å²) in [4.78, 5) is 4.16. The van der Waals surface area contributed by atoms with Gasteiger partial charge in [-0.15, -0.1) is 24.0 Å². The van der Waals surface area contributed by atoms with E-state index < -0.39 is 0 Å². The van der Waals surface area contributed by atoms with Crippen LogP contribution in [-0.2, 0) is 0 Å². The van der Waals surface area contributed by atoms with Crippen LogP contribution in [0.2, 0.25) is 0 Å². The van der Waals surface area contributed by atoms with E-state index in [0.29, 0.717) is 6.61 Å². The zero-order valence-electron chi connectivity index (χ0n) is 13.1. The number of ether oxygens (including phenoxy) is 1. The number of rotatable bonds is 7. The highest BCUT2D eigenvalue weighted by Gasteiger charge is 1.96. The van der Waals surface area contributed by atoms with Crippen LogP contribution in [0.4, 0.5) is 0 Å². The fourth-order valence-electron chi connectivity index (χ4n) is 1.63. The second-order valence-electron chi connectivity index (χ2n) is 4.44. The summed E-state index contributed by atoms with van der Waals surface area (Å²) >= 11 is 0. The zero-order valence-corrected chi connectivity index (χ0v) is 15.4. The van der Waals surface area contributed by atoms with Crippen LogP contribution in [-0.4, -0.2) is 32.7 Å². The molecule has 0 aliphatic heterocycles. The van der Waals surface area contributed by atoms with Crippen molar-refractivity contribution in [1.82, 2.24) is 10.6 Å². The van der Waals surface area contributed by atoms with Crippen molar-refractivity contribution < 1.29 is 4.74 Å². The molecule has 0 amide bonds. The van der Waals surface area contributed by atoms with Crippen molar-refractivity contribution in [1.29, 1.82) is 0 Å². The third-order valence-corrected chi connectivity index (χ3v) is 2.75. The summed E-state index contributed by atoms with van der Waals surface area (Å²) in [5.74, 6) is 1.70. The molecule has 118 valence electrons. The van der Waals surface area contributed by atoms with Crippen LogP contribution in [0.5, 0.6) is 5.75 Å². The first-order valence-corrected chi connectivity index (χ1v) is 7.01. The third-order valence-electron chi connectivity index (χ3n) is 2.75. The van der Waals surface area contributed by atoms with E-state index in [1.54, 1.807) is 7.05 Å². The van der Waals surface area contributed by atoms with Crippen molar-refractivity contribution in [2.24, 2.45) is 4.99 Å². The molecule has 0 atom stereocenters. The molecule has 1 aromatic rings. The number of nitrogens with zero attached hydrogens (tertiary/aromatic N) is 1. The number of guanidine groups is 1. The fraction of sp³-hybridized carbons (Fsp3) is 0.438. The molecule has 0 unspecified atom stereocenters. The van der Waals surface area contributed by atoms with E-state index in [-0.39, 0.29) is 24.0 Å². The predicted octanol–water partition coefficient (Wildman–Crippen LogP) is 3.12. The average Bonchev–Trinajstić information content (AvgIpc) is 2.47. The average molecular weight is 403 g/mol. The number of aliphatic imine (C=N–C) groups is 1. The third kappa shape index (κ3) is 9.33. The molecule has 0 saturated heterocycles. The molecule has 0 heterocycles. The van der Waals surface area contributed by atoms with Crippen molar-refractivity contribution in [2.75, 3.05) is 26.7 Å². The molecule has 0 spiro atoms. The maximum Gasteiger partial charge on any atom is 0.191 e. The number of hydrogen-bond donors (Lipinski definition) is 2. The second kappa shape index (κ2) is 12.5. The Kier molecular flexibility index (Phi) is 11.8. The minimum atomic E-state index is 0. The largest absolute Gasteiger partial charge is 0.492 e. The van der Waals surface area contributed by atoms with Gasteiger partial charge in [0.25, 0.3) is 0 Å². The summed E-state index contributed by atoms with van der Waals surface area (Å²) in [5, 5.41) is 6.46. The van der Waals surface area contributed by atoms with Crippen molar-refractivity contribution in [3.63, 3.8) is 0 Å². The number of aryl methyl sites for hydroxylation is 1. The molecule has 5 heteroatoms. The number of allylic oxidation sites excluding steroid dienone is 1. The van der Waals surface area contributed by atoms with Gasteiger partial charge in [-0.25, -0.2) is 0 Å². The monoisotopic (exact) mass is 403 g/mol. The smallest absolute Gasteiger partial charge is 0.191 e. The molecular formula is C16H26IN3O. The minimum absolute atomic E-state index is 0. The van der Waals surface area contributed by atoms with E-state index in [4.69, 9.17) is 4.74 Å². The van der Waals surface area contributed by atoms with Crippen LogP contribution in [0.1, 0.15) is 18.9 Å². The lowest BCUT2D eigenvalue weighted by Crippen LogP contribution is -2.39. The van der Waals surface area contributed by atoms with E-state index in [1.165, 1.54) is 5.56 Å². The molecule has 21 heavy (non-hydrogen) atoms. The van der Waals surface area contributed by atoms with Gasteiger partial charge < -0.3 is 15.4 Å². The van der Waals surface area contributed by atoms with Crippen LogP contribution >= 0.6 is 24.0 Å². The highest BCUT2D eigenvalue weighted by Crippen LogP contribution is 2.10. The molecule has 4 nitrogen and oxygen atoms in total. The van der Waals surface area contributed by atoms with Gasteiger partial charge in [0.1, 0.15) is 12.4 Å². The molecule has 0 aliphatic carbocycles. The molecule has 0 bridgehead atoms. The van der Waals surface area contributed by atoms with Gasteiger partial charge in [-0.1, -0.05) is 29.8 Å². The quantitative estimate of drug-likeness (QED) is 0.242. The molecule has 1 rings (SSSR count). The Hall–Kier alpha value is -1.24. The normalized spacial score (nSPS) is 11.1. The molecule has 0 fully saturated rings. The van der Waals surface area contributed by atoms with Crippen LogP contribution in [0.25, 0.3) is 0 Å². The Balaban J connectivity index is 0.00000400. The lowest BCUT2D eigenvalue weighted by Gasteiger charge is -2.12. The lowest BCUT2D eigenvalue weighted by atomic mass is 10.2. The highest BCUT2D eigenvalue weighted by atomic mass is 127. The topological polar surface area (TPSA) is 45.7 Å². The summed E-state index contributed by atoms with van der Waals surface area (Å²) in [5.41, 5.74) is 1.24. The lowest BCUT2D eigenvalue weighted by molar-refractivity contribution is 0.322. The van der Waals surface area contributed by atoms with Gasteiger partial charge in [-0.05, 0) is 32.4 Å². The van der Waals surface area contributed by atoms with Gasteiger partial charge in [-0.3, -0.25) is 4.99 Å². The van der Waals surface area contributed by atoms with Crippen LogP contribution < -0.4 is 15.4 Å². The molecule has 0 aromatic heterocycles. The second-order valence-corrected chi connectivity index (χ2v) is 4.44. The fourth-order valence-corrected chi connectivity index (χ4v) is 1.63. The summed E-state index contributed by atoms with van der Waals surface area (Å²) in [6.45, 7) is 6.29. The van der Waals surface area contributed by atoms with Crippen molar-refractivity contribution in [2.45, 2.75) is 20.3 Å². The van der Waals surface area contributed by atoms with Gasteiger partial charge in [0.2, 0.25) is 0 Å². The van der Waals surface area contributed by atoms with E-state index in [1.807, 2.05) is 37.3 Å². The van der Waals surface area contributed by atoms with Crippen LogP contribution in [0.15, 0.2) is 41.4 Å². The molecule has 1 aromatic carbocycles. The Bertz CT molecular complexity index is 430. The SMILES string of the molecule is C/C=C/CCNC(=NC)NCCOc1ccc(C)cc1.I. The summed E-state index contributed by atoms with van der Waals surface area (Å²) in [7, 11) is 1.77. The van der Waals surface area contributed by atoms with Crippen molar-refractivity contribution >= 4 is 29.9 Å². The number of halogens is 1. The Labute approximate surface area is 145 Å². The van der Waals surface area contributed by atoms with Gasteiger partial charge in [0, 0.05) is 13.6 Å². The molecule has 0 saturated carbocycles. The number of hydrogen-bond acceptors (Lipinski definition) is 2. The standard InChI is InChI=1S/C16H25N3O.HI/c1-4-5-6-11-18-16(17-3)19-12-13-20-15-9-7-14(2)8-10-15;/h4-5,7-10H,6,11-13H2,1-3H3,(H2,17,18,19);1H/b5-4+;. The van der Waals surface area contributed by atoms with Gasteiger partial charge in [0.05, 0.1) is 6.54 Å². The van der Waals surface area contributed by atoms with Crippen LogP contribution in [0.3, 0.4) is 0 Å². The molecule has 0 aliphatic rings. The first-order valence-electron chi connectivity index (χ1n) is 7.01. The van der Waals surface area contributed by atoms with Crippen molar-refractivity contribution in [3.8, 4) is 5.75 Å². The Morgan fingerprint density at radius 2 is 1.86 bits per heavy atom. The van der Waals surface area contributed by atoms with E-state index in [2.05, 4.69) is 28.6 Å².